The molecular formula is C14H18Cl3NO. The normalized spacial score (nSPS) is 15.9. The van der Waals surface area contributed by atoms with Crippen LogP contribution in [0.2, 0.25) is 15.1 Å². The Labute approximate surface area is 129 Å². The van der Waals surface area contributed by atoms with E-state index in [0.717, 1.165) is 19.0 Å². The Kier molecular flexibility index (Phi) is 6.08. The van der Waals surface area contributed by atoms with Crippen LogP contribution in [0.25, 0.3) is 0 Å². The van der Waals surface area contributed by atoms with Gasteiger partial charge in [0, 0.05) is 12.6 Å². The molecule has 1 aromatic carbocycles. The van der Waals surface area contributed by atoms with Gasteiger partial charge in [0.25, 0.3) is 0 Å². The zero-order valence-corrected chi connectivity index (χ0v) is 13.0. The maximum atomic E-state index is 6.03. The van der Waals surface area contributed by atoms with Gasteiger partial charge in [-0.2, -0.15) is 0 Å². The van der Waals surface area contributed by atoms with E-state index in [2.05, 4.69) is 5.32 Å². The van der Waals surface area contributed by atoms with Crippen LogP contribution in [0, 0.1) is 5.92 Å². The predicted octanol–water partition coefficient (Wildman–Crippen LogP) is 4.81. The van der Waals surface area contributed by atoms with Gasteiger partial charge in [-0.05, 0) is 31.4 Å². The van der Waals surface area contributed by atoms with Crippen LogP contribution in [0.3, 0.4) is 0 Å². The number of ether oxygens (including phenoxy) is 1. The molecule has 0 aromatic heterocycles. The highest BCUT2D eigenvalue weighted by Gasteiger charge is 2.13. The molecule has 1 fully saturated rings. The van der Waals surface area contributed by atoms with Crippen LogP contribution in [0.4, 0.5) is 0 Å². The van der Waals surface area contributed by atoms with E-state index in [4.69, 9.17) is 39.5 Å². The Morgan fingerprint density at radius 2 is 1.74 bits per heavy atom. The fourth-order valence-corrected chi connectivity index (χ4v) is 2.96. The summed E-state index contributed by atoms with van der Waals surface area (Å²) in [4.78, 5) is 0. The minimum Gasteiger partial charge on any atom is -0.491 e. The number of halogens is 3. The number of hydrogen-bond donors (Lipinski definition) is 1. The third kappa shape index (κ3) is 4.71. The number of hydrogen-bond acceptors (Lipinski definition) is 2. The lowest BCUT2D eigenvalue weighted by molar-refractivity contribution is 0.309. The second kappa shape index (κ2) is 7.58. The average Bonchev–Trinajstić information content (AvgIpc) is 2.88. The van der Waals surface area contributed by atoms with E-state index in [1.54, 1.807) is 12.1 Å². The Morgan fingerprint density at radius 3 is 2.47 bits per heavy atom. The molecule has 0 unspecified atom stereocenters. The molecule has 0 amide bonds. The molecule has 1 aromatic rings. The van der Waals surface area contributed by atoms with Gasteiger partial charge in [0.15, 0.2) is 0 Å². The van der Waals surface area contributed by atoms with Gasteiger partial charge in [-0.15, -0.1) is 0 Å². The molecule has 0 spiro atoms. The topological polar surface area (TPSA) is 21.3 Å². The second-order valence-electron chi connectivity index (χ2n) is 4.90. The molecule has 1 saturated carbocycles. The van der Waals surface area contributed by atoms with Crippen molar-refractivity contribution in [3.05, 3.63) is 27.2 Å². The first kappa shape index (κ1) is 15.2. The van der Waals surface area contributed by atoms with Crippen molar-refractivity contribution in [3.8, 4) is 5.75 Å². The minimum absolute atomic E-state index is 0.443. The third-order valence-corrected chi connectivity index (χ3v) is 4.44. The minimum atomic E-state index is 0.443. The van der Waals surface area contributed by atoms with Gasteiger partial charge in [0.05, 0.1) is 15.1 Å². The van der Waals surface area contributed by atoms with Gasteiger partial charge < -0.3 is 10.1 Å². The highest BCUT2D eigenvalue weighted by Crippen LogP contribution is 2.33. The maximum absolute atomic E-state index is 6.03. The summed E-state index contributed by atoms with van der Waals surface area (Å²) in [5.41, 5.74) is 0. The van der Waals surface area contributed by atoms with Gasteiger partial charge in [-0.1, -0.05) is 47.6 Å². The fraction of sp³-hybridized carbons (Fsp3) is 0.571. The Bertz CT molecular complexity index is 419. The van der Waals surface area contributed by atoms with Crippen molar-refractivity contribution < 1.29 is 4.74 Å². The summed E-state index contributed by atoms with van der Waals surface area (Å²) in [5, 5.41) is 4.81. The highest BCUT2D eigenvalue weighted by molar-refractivity contribution is 6.43. The molecule has 0 atom stereocenters. The van der Waals surface area contributed by atoms with E-state index >= 15 is 0 Å². The lowest BCUT2D eigenvalue weighted by Crippen LogP contribution is -2.26. The summed E-state index contributed by atoms with van der Waals surface area (Å²) in [6.45, 7) is 2.47. The Hall–Kier alpha value is -0.150. The van der Waals surface area contributed by atoms with Crippen LogP contribution in [-0.4, -0.2) is 19.7 Å². The van der Waals surface area contributed by atoms with Gasteiger partial charge in [0.1, 0.15) is 12.4 Å². The molecule has 1 aliphatic carbocycles. The zero-order valence-electron chi connectivity index (χ0n) is 10.7. The van der Waals surface area contributed by atoms with E-state index in [-0.39, 0.29) is 0 Å². The fourth-order valence-electron chi connectivity index (χ4n) is 2.37. The van der Waals surface area contributed by atoms with Crippen LogP contribution in [0.15, 0.2) is 12.1 Å². The molecule has 1 aliphatic rings. The molecule has 0 saturated heterocycles. The molecule has 0 aliphatic heterocycles. The van der Waals surface area contributed by atoms with Crippen LogP contribution in [0.1, 0.15) is 25.7 Å². The lowest BCUT2D eigenvalue weighted by Gasteiger charge is -2.12. The molecule has 1 N–H and O–H groups in total. The van der Waals surface area contributed by atoms with Crippen LogP contribution in [-0.2, 0) is 0 Å². The number of benzene rings is 1. The predicted molar refractivity (Wildman–Crippen MR) is 81.8 cm³/mol. The molecule has 2 rings (SSSR count). The molecule has 19 heavy (non-hydrogen) atoms. The second-order valence-corrected chi connectivity index (χ2v) is 6.12. The molecular weight excluding hydrogens is 305 g/mol. The SMILES string of the molecule is Clc1cc(Cl)c(OCCNCC2CCCC2)cc1Cl. The maximum Gasteiger partial charge on any atom is 0.139 e. The van der Waals surface area contributed by atoms with E-state index < -0.39 is 0 Å². The van der Waals surface area contributed by atoms with Crippen molar-refractivity contribution in [2.45, 2.75) is 25.7 Å². The summed E-state index contributed by atoms with van der Waals surface area (Å²) in [5.74, 6) is 1.42. The van der Waals surface area contributed by atoms with Crippen LogP contribution >= 0.6 is 34.8 Å². The van der Waals surface area contributed by atoms with Gasteiger partial charge in [-0.3, -0.25) is 0 Å². The monoisotopic (exact) mass is 321 g/mol. The molecule has 0 radical (unpaired) electrons. The number of nitrogens with one attached hydrogen (secondary N) is 1. The summed E-state index contributed by atoms with van der Waals surface area (Å²) < 4.78 is 5.60. The van der Waals surface area contributed by atoms with E-state index in [0.29, 0.717) is 27.4 Å². The summed E-state index contributed by atoms with van der Waals surface area (Å²) in [7, 11) is 0. The van der Waals surface area contributed by atoms with Crippen molar-refractivity contribution in [3.63, 3.8) is 0 Å². The van der Waals surface area contributed by atoms with E-state index in [9.17, 15) is 0 Å². The smallest absolute Gasteiger partial charge is 0.139 e. The Morgan fingerprint density at radius 1 is 1.05 bits per heavy atom. The van der Waals surface area contributed by atoms with Crippen LogP contribution in [0.5, 0.6) is 5.75 Å². The molecule has 5 heteroatoms. The average molecular weight is 323 g/mol. The first-order chi connectivity index (χ1) is 9.16. The van der Waals surface area contributed by atoms with Gasteiger partial charge in [-0.25, -0.2) is 0 Å². The van der Waals surface area contributed by atoms with Gasteiger partial charge >= 0.3 is 0 Å². The molecule has 0 bridgehead atoms. The van der Waals surface area contributed by atoms with Crippen molar-refractivity contribution in [2.24, 2.45) is 5.92 Å². The third-order valence-electron chi connectivity index (χ3n) is 3.42. The van der Waals surface area contributed by atoms with Crippen LogP contribution < -0.4 is 10.1 Å². The van der Waals surface area contributed by atoms with E-state index in [1.165, 1.54) is 25.7 Å². The Balaban J connectivity index is 1.69. The largest absolute Gasteiger partial charge is 0.491 e. The van der Waals surface area contributed by atoms with Gasteiger partial charge in [0.2, 0.25) is 0 Å². The van der Waals surface area contributed by atoms with Crippen molar-refractivity contribution in [1.29, 1.82) is 0 Å². The quantitative estimate of drug-likeness (QED) is 0.599. The highest BCUT2D eigenvalue weighted by atomic mass is 35.5. The van der Waals surface area contributed by atoms with Crippen molar-refractivity contribution >= 4 is 34.8 Å². The first-order valence-corrected chi connectivity index (χ1v) is 7.78. The summed E-state index contributed by atoms with van der Waals surface area (Å²) in [6, 6.07) is 3.26. The summed E-state index contributed by atoms with van der Waals surface area (Å²) >= 11 is 17.8. The van der Waals surface area contributed by atoms with Crippen molar-refractivity contribution in [1.82, 2.24) is 5.32 Å². The molecule has 0 heterocycles. The summed E-state index contributed by atoms with van der Waals surface area (Å²) in [6.07, 6.45) is 5.46. The number of rotatable bonds is 6. The zero-order chi connectivity index (χ0) is 13.7. The lowest BCUT2D eigenvalue weighted by atomic mass is 10.1. The van der Waals surface area contributed by atoms with Crippen molar-refractivity contribution in [2.75, 3.05) is 19.7 Å². The molecule has 2 nitrogen and oxygen atoms in total. The molecule has 106 valence electrons. The standard InChI is InChI=1S/C14H18Cl3NO/c15-11-7-13(17)14(8-12(11)16)19-6-5-18-9-10-3-1-2-4-10/h7-8,10,18H,1-6,9H2. The van der Waals surface area contributed by atoms with E-state index in [1.807, 2.05) is 0 Å². The first-order valence-electron chi connectivity index (χ1n) is 6.65.